The monoisotopic (exact) mass is 270 g/mol. The Morgan fingerprint density at radius 2 is 2.12 bits per heavy atom. The maximum atomic E-state index is 11.7. The smallest absolute Gasteiger partial charge is 0.238 e. The van der Waals surface area contributed by atoms with E-state index in [-0.39, 0.29) is 35.9 Å². The van der Waals surface area contributed by atoms with Crippen molar-refractivity contribution in [1.29, 1.82) is 0 Å². The highest BCUT2D eigenvalue weighted by molar-refractivity contribution is 7.92. The van der Waals surface area contributed by atoms with Gasteiger partial charge in [-0.2, -0.15) is 0 Å². The standard InChI is InChI=1S/C9H18N2O3S.ClH/c1-3-15(13,14)7-9(12)11-5-4-10-6-8(11)2;/h8,10H,3-7H2,1-2H3;1H/t8-;/m0./s1. The van der Waals surface area contributed by atoms with Gasteiger partial charge < -0.3 is 10.2 Å². The van der Waals surface area contributed by atoms with Crippen molar-refractivity contribution < 1.29 is 13.2 Å². The summed E-state index contributed by atoms with van der Waals surface area (Å²) in [6.45, 7) is 5.55. The first-order valence-corrected chi connectivity index (χ1v) is 6.99. The van der Waals surface area contributed by atoms with Crippen LogP contribution in [0.15, 0.2) is 0 Å². The lowest BCUT2D eigenvalue weighted by Gasteiger charge is -2.33. The molecule has 1 saturated heterocycles. The first-order chi connectivity index (χ1) is 6.96. The van der Waals surface area contributed by atoms with Crippen molar-refractivity contribution in [1.82, 2.24) is 10.2 Å². The van der Waals surface area contributed by atoms with Crippen LogP contribution < -0.4 is 5.32 Å². The molecule has 1 amide bonds. The van der Waals surface area contributed by atoms with Gasteiger partial charge in [-0.25, -0.2) is 8.42 Å². The summed E-state index contributed by atoms with van der Waals surface area (Å²) in [6, 6.07) is 0.0818. The van der Waals surface area contributed by atoms with Crippen LogP contribution >= 0.6 is 12.4 Å². The number of rotatable bonds is 3. The molecular weight excluding hydrogens is 252 g/mol. The van der Waals surface area contributed by atoms with Crippen molar-refractivity contribution in [3.8, 4) is 0 Å². The molecule has 1 aliphatic heterocycles. The number of amides is 1. The number of hydrogen-bond acceptors (Lipinski definition) is 4. The van der Waals surface area contributed by atoms with Gasteiger partial charge in [-0.15, -0.1) is 12.4 Å². The van der Waals surface area contributed by atoms with Gasteiger partial charge in [-0.05, 0) is 6.92 Å². The summed E-state index contributed by atoms with van der Waals surface area (Å²) < 4.78 is 22.6. The van der Waals surface area contributed by atoms with Crippen molar-refractivity contribution >= 4 is 28.2 Å². The Kier molecular flexibility index (Phi) is 6.28. The molecule has 0 bridgehead atoms. The number of sulfone groups is 1. The minimum absolute atomic E-state index is 0. The van der Waals surface area contributed by atoms with Crippen LogP contribution in [0.25, 0.3) is 0 Å². The summed E-state index contributed by atoms with van der Waals surface area (Å²) in [4.78, 5) is 13.3. The van der Waals surface area contributed by atoms with Gasteiger partial charge in [0.2, 0.25) is 5.91 Å². The van der Waals surface area contributed by atoms with Crippen LogP contribution in [0, 0.1) is 0 Å². The van der Waals surface area contributed by atoms with Crippen molar-refractivity contribution in [3.05, 3.63) is 0 Å². The maximum Gasteiger partial charge on any atom is 0.238 e. The highest BCUT2D eigenvalue weighted by Crippen LogP contribution is 2.04. The second-order valence-electron chi connectivity index (χ2n) is 3.82. The summed E-state index contributed by atoms with van der Waals surface area (Å²) >= 11 is 0. The zero-order valence-corrected chi connectivity index (χ0v) is 11.2. The summed E-state index contributed by atoms with van der Waals surface area (Å²) in [5.74, 6) is -0.599. The summed E-state index contributed by atoms with van der Waals surface area (Å²) in [5, 5.41) is 3.15. The fourth-order valence-corrected chi connectivity index (χ4v) is 2.33. The zero-order chi connectivity index (χ0) is 11.5. The Bertz CT molecular complexity index is 332. The predicted octanol–water partition coefficient (Wildman–Crippen LogP) is -0.337. The molecule has 1 rings (SSSR count). The highest BCUT2D eigenvalue weighted by Gasteiger charge is 2.26. The van der Waals surface area contributed by atoms with E-state index >= 15 is 0 Å². The molecule has 0 radical (unpaired) electrons. The molecule has 7 heteroatoms. The molecule has 1 aliphatic rings. The van der Waals surface area contributed by atoms with Crippen LogP contribution in [0.5, 0.6) is 0 Å². The predicted molar refractivity (Wildman–Crippen MR) is 65.6 cm³/mol. The van der Waals surface area contributed by atoms with Crippen molar-refractivity contribution in [2.24, 2.45) is 0 Å². The third-order valence-corrected chi connectivity index (χ3v) is 4.17. The average molecular weight is 271 g/mol. The lowest BCUT2D eigenvalue weighted by atomic mass is 10.2. The second kappa shape index (κ2) is 6.42. The Morgan fingerprint density at radius 3 is 2.62 bits per heavy atom. The molecule has 0 spiro atoms. The van der Waals surface area contributed by atoms with Crippen molar-refractivity contribution in [2.75, 3.05) is 31.1 Å². The molecule has 96 valence electrons. The van der Waals surface area contributed by atoms with Crippen molar-refractivity contribution in [3.63, 3.8) is 0 Å². The average Bonchev–Trinajstić information content (AvgIpc) is 2.17. The molecule has 0 aromatic heterocycles. The molecular formula is C9H19ClN2O3S. The molecule has 0 aliphatic carbocycles. The molecule has 1 fully saturated rings. The Labute approximate surface area is 103 Å². The van der Waals surface area contributed by atoms with E-state index in [9.17, 15) is 13.2 Å². The normalized spacial score (nSPS) is 21.4. The van der Waals surface area contributed by atoms with E-state index < -0.39 is 9.84 Å². The summed E-state index contributed by atoms with van der Waals surface area (Å²) in [7, 11) is -3.20. The van der Waals surface area contributed by atoms with Gasteiger partial charge in [0, 0.05) is 31.4 Å². The van der Waals surface area contributed by atoms with Gasteiger partial charge in [-0.3, -0.25) is 4.79 Å². The quantitative estimate of drug-likeness (QED) is 0.762. The molecule has 1 atom stereocenters. The fourth-order valence-electron chi connectivity index (χ4n) is 1.58. The number of hydrogen-bond donors (Lipinski definition) is 1. The van der Waals surface area contributed by atoms with Crippen LogP contribution in [-0.2, 0) is 14.6 Å². The number of carbonyl (C=O) groups is 1. The first-order valence-electron chi connectivity index (χ1n) is 5.17. The third kappa shape index (κ3) is 4.27. The number of nitrogens with zero attached hydrogens (tertiary/aromatic N) is 1. The molecule has 1 heterocycles. The van der Waals surface area contributed by atoms with Crippen LogP contribution in [0.4, 0.5) is 0 Å². The van der Waals surface area contributed by atoms with Gasteiger partial charge in [0.05, 0.1) is 0 Å². The molecule has 0 saturated carbocycles. The van der Waals surface area contributed by atoms with E-state index in [2.05, 4.69) is 5.32 Å². The SMILES string of the molecule is CCS(=O)(=O)CC(=O)N1CCNC[C@@H]1C.Cl. The van der Waals surface area contributed by atoms with Gasteiger partial charge in [0.25, 0.3) is 0 Å². The van der Waals surface area contributed by atoms with E-state index in [1.54, 1.807) is 11.8 Å². The topological polar surface area (TPSA) is 66.5 Å². The van der Waals surface area contributed by atoms with Crippen LogP contribution in [0.2, 0.25) is 0 Å². The van der Waals surface area contributed by atoms with E-state index in [1.807, 2.05) is 6.92 Å². The number of carbonyl (C=O) groups excluding carboxylic acids is 1. The lowest BCUT2D eigenvalue weighted by molar-refractivity contribution is -0.131. The maximum absolute atomic E-state index is 11.7. The molecule has 16 heavy (non-hydrogen) atoms. The summed E-state index contributed by atoms with van der Waals surface area (Å²) in [6.07, 6.45) is 0. The molecule has 0 unspecified atom stereocenters. The van der Waals surface area contributed by atoms with E-state index in [1.165, 1.54) is 0 Å². The molecule has 0 aromatic carbocycles. The van der Waals surface area contributed by atoms with E-state index in [4.69, 9.17) is 0 Å². The van der Waals surface area contributed by atoms with E-state index in [0.717, 1.165) is 13.1 Å². The second-order valence-corrected chi connectivity index (χ2v) is 6.17. The number of halogens is 1. The van der Waals surface area contributed by atoms with E-state index in [0.29, 0.717) is 6.54 Å². The first kappa shape index (κ1) is 15.7. The van der Waals surface area contributed by atoms with Gasteiger partial charge in [0.15, 0.2) is 9.84 Å². The molecule has 1 N–H and O–H groups in total. The van der Waals surface area contributed by atoms with Crippen LogP contribution in [-0.4, -0.2) is 56.4 Å². The van der Waals surface area contributed by atoms with Gasteiger partial charge in [-0.1, -0.05) is 6.92 Å². The molecule has 0 aromatic rings. The largest absolute Gasteiger partial charge is 0.337 e. The number of piperazine rings is 1. The Balaban J connectivity index is 0.00000225. The van der Waals surface area contributed by atoms with Gasteiger partial charge in [0.1, 0.15) is 5.75 Å². The van der Waals surface area contributed by atoms with Crippen molar-refractivity contribution in [2.45, 2.75) is 19.9 Å². The third-order valence-electron chi connectivity index (χ3n) is 2.60. The molecule has 5 nitrogen and oxygen atoms in total. The lowest BCUT2D eigenvalue weighted by Crippen LogP contribution is -2.53. The minimum atomic E-state index is -3.20. The Hall–Kier alpha value is -0.330. The highest BCUT2D eigenvalue weighted by atomic mass is 35.5. The van der Waals surface area contributed by atoms with Crippen LogP contribution in [0.1, 0.15) is 13.8 Å². The Morgan fingerprint density at radius 1 is 1.50 bits per heavy atom. The number of nitrogens with one attached hydrogen (secondary N) is 1. The zero-order valence-electron chi connectivity index (χ0n) is 9.60. The summed E-state index contributed by atoms with van der Waals surface area (Å²) in [5.41, 5.74) is 0. The van der Waals surface area contributed by atoms with Gasteiger partial charge >= 0.3 is 0 Å². The fraction of sp³-hybridized carbons (Fsp3) is 0.889. The van der Waals surface area contributed by atoms with Crippen LogP contribution in [0.3, 0.4) is 0 Å². The minimum Gasteiger partial charge on any atom is -0.337 e.